The third kappa shape index (κ3) is 1.30. The Morgan fingerprint density at radius 2 is 2.50 bits per heavy atom. The van der Waals surface area contributed by atoms with Gasteiger partial charge in [-0.05, 0) is 19.5 Å². The summed E-state index contributed by atoms with van der Waals surface area (Å²) < 4.78 is 5.35. The Morgan fingerprint density at radius 1 is 1.58 bits per heavy atom. The lowest BCUT2D eigenvalue weighted by atomic mass is 10.1. The van der Waals surface area contributed by atoms with Crippen molar-refractivity contribution in [3.8, 4) is 0 Å². The van der Waals surface area contributed by atoms with Crippen molar-refractivity contribution in [1.82, 2.24) is 5.32 Å². The van der Waals surface area contributed by atoms with Crippen molar-refractivity contribution in [3.63, 3.8) is 0 Å². The Hall–Kier alpha value is -1.02. The Balaban J connectivity index is 2.23. The maximum absolute atomic E-state index is 5.35. The molecule has 1 unspecified atom stereocenters. The lowest BCUT2D eigenvalue weighted by molar-refractivity contribution is 0.488. The number of hydrogen-bond donors (Lipinski definition) is 1. The van der Waals surface area contributed by atoms with Crippen LogP contribution in [0.4, 0.5) is 0 Å². The van der Waals surface area contributed by atoms with Gasteiger partial charge < -0.3 is 9.73 Å². The summed E-state index contributed by atoms with van der Waals surface area (Å²) in [5, 5.41) is 3.24. The number of rotatable bonds is 1. The second kappa shape index (κ2) is 3.15. The smallest absolute Gasteiger partial charge is 0.111 e. The molecule has 0 radical (unpaired) electrons. The highest BCUT2D eigenvalue weighted by Gasteiger charge is 2.11. The van der Waals surface area contributed by atoms with Crippen LogP contribution in [0.2, 0.25) is 0 Å². The summed E-state index contributed by atoms with van der Waals surface area (Å²) in [5.41, 5.74) is 1.23. The van der Waals surface area contributed by atoms with Gasteiger partial charge in [-0.25, -0.2) is 0 Å². The summed E-state index contributed by atoms with van der Waals surface area (Å²) in [4.78, 5) is 0. The molecule has 1 N–H and O–H groups in total. The summed E-state index contributed by atoms with van der Waals surface area (Å²) in [7, 11) is 1.99. The minimum atomic E-state index is 0.493. The fourth-order valence-corrected chi connectivity index (χ4v) is 1.55. The zero-order valence-corrected chi connectivity index (χ0v) is 7.21. The second-order valence-electron chi connectivity index (χ2n) is 3.09. The lowest BCUT2D eigenvalue weighted by Gasteiger charge is -2.07. The monoisotopic (exact) mass is 163 g/mol. The van der Waals surface area contributed by atoms with Gasteiger partial charge in [-0.1, -0.05) is 12.2 Å². The highest BCUT2D eigenvalue weighted by Crippen LogP contribution is 2.19. The molecule has 1 aromatic rings. The zero-order chi connectivity index (χ0) is 8.39. The molecule has 2 heteroatoms. The van der Waals surface area contributed by atoms with E-state index in [1.807, 2.05) is 13.1 Å². The van der Waals surface area contributed by atoms with Gasteiger partial charge in [0.15, 0.2) is 0 Å². The first-order chi connectivity index (χ1) is 5.90. The largest absolute Gasteiger partial charge is 0.469 e. The van der Waals surface area contributed by atoms with Crippen LogP contribution in [0.1, 0.15) is 17.7 Å². The van der Waals surface area contributed by atoms with Gasteiger partial charge in [0.1, 0.15) is 5.76 Å². The molecular weight excluding hydrogens is 150 g/mol. The molecule has 1 heterocycles. The van der Waals surface area contributed by atoms with E-state index in [9.17, 15) is 0 Å². The van der Waals surface area contributed by atoms with Gasteiger partial charge in [0.05, 0.1) is 6.26 Å². The summed E-state index contributed by atoms with van der Waals surface area (Å²) in [6.45, 7) is 0. The van der Waals surface area contributed by atoms with Crippen LogP contribution >= 0.6 is 0 Å². The Morgan fingerprint density at radius 3 is 3.33 bits per heavy atom. The first kappa shape index (κ1) is 7.62. The molecule has 2 nitrogen and oxygen atoms in total. The highest BCUT2D eigenvalue weighted by atomic mass is 16.3. The van der Waals surface area contributed by atoms with Crippen LogP contribution in [0.15, 0.2) is 22.8 Å². The molecule has 0 saturated carbocycles. The SMILES string of the molecule is CNC1C=Cc2ccoc2CC1. The lowest BCUT2D eigenvalue weighted by Crippen LogP contribution is -2.22. The summed E-state index contributed by atoms with van der Waals surface area (Å²) >= 11 is 0. The quantitative estimate of drug-likeness (QED) is 0.683. The van der Waals surface area contributed by atoms with E-state index in [2.05, 4.69) is 17.5 Å². The average Bonchev–Trinajstić information content (AvgIpc) is 2.46. The molecule has 0 fully saturated rings. The van der Waals surface area contributed by atoms with Crippen molar-refractivity contribution in [2.24, 2.45) is 0 Å². The summed E-state index contributed by atoms with van der Waals surface area (Å²) in [6.07, 6.45) is 8.23. The normalized spacial score (nSPS) is 21.9. The fourth-order valence-electron chi connectivity index (χ4n) is 1.55. The van der Waals surface area contributed by atoms with Crippen molar-refractivity contribution < 1.29 is 4.42 Å². The van der Waals surface area contributed by atoms with Crippen molar-refractivity contribution in [2.75, 3.05) is 7.05 Å². The molecular formula is C10H13NO. The molecule has 1 atom stereocenters. The molecule has 1 aromatic heterocycles. The first-order valence-electron chi connectivity index (χ1n) is 4.32. The Bertz CT molecular complexity index is 288. The van der Waals surface area contributed by atoms with Gasteiger partial charge in [-0.15, -0.1) is 0 Å². The van der Waals surface area contributed by atoms with Gasteiger partial charge in [-0.3, -0.25) is 0 Å². The minimum Gasteiger partial charge on any atom is -0.469 e. The Kier molecular flexibility index (Phi) is 2.00. The number of hydrogen-bond acceptors (Lipinski definition) is 2. The highest BCUT2D eigenvalue weighted by molar-refractivity contribution is 5.52. The standard InChI is InChI=1S/C10H13NO/c1-11-9-3-2-8-6-7-12-10(8)5-4-9/h2-3,6-7,9,11H,4-5H2,1H3. The third-order valence-electron chi connectivity index (χ3n) is 2.34. The number of nitrogens with one attached hydrogen (secondary N) is 1. The molecule has 2 rings (SSSR count). The van der Waals surface area contributed by atoms with E-state index < -0.39 is 0 Å². The van der Waals surface area contributed by atoms with Crippen LogP contribution in [0.25, 0.3) is 6.08 Å². The third-order valence-corrected chi connectivity index (χ3v) is 2.34. The first-order valence-corrected chi connectivity index (χ1v) is 4.32. The second-order valence-corrected chi connectivity index (χ2v) is 3.09. The van der Waals surface area contributed by atoms with Gasteiger partial charge in [0.2, 0.25) is 0 Å². The van der Waals surface area contributed by atoms with Gasteiger partial charge in [-0.2, -0.15) is 0 Å². The fraction of sp³-hybridized carbons (Fsp3) is 0.400. The van der Waals surface area contributed by atoms with Gasteiger partial charge in [0, 0.05) is 18.0 Å². The molecule has 1 aliphatic rings. The average molecular weight is 163 g/mol. The van der Waals surface area contributed by atoms with E-state index in [4.69, 9.17) is 4.42 Å². The van der Waals surface area contributed by atoms with Crippen LogP contribution in [-0.2, 0) is 6.42 Å². The number of likely N-dealkylation sites (N-methyl/N-ethyl adjacent to an activating group) is 1. The molecule has 12 heavy (non-hydrogen) atoms. The maximum Gasteiger partial charge on any atom is 0.111 e. The molecule has 0 aliphatic heterocycles. The van der Waals surface area contributed by atoms with E-state index >= 15 is 0 Å². The van der Waals surface area contributed by atoms with Gasteiger partial charge >= 0.3 is 0 Å². The van der Waals surface area contributed by atoms with E-state index in [1.165, 1.54) is 5.56 Å². The molecule has 0 spiro atoms. The van der Waals surface area contributed by atoms with E-state index in [0.29, 0.717) is 6.04 Å². The van der Waals surface area contributed by atoms with E-state index in [1.54, 1.807) is 6.26 Å². The van der Waals surface area contributed by atoms with Crippen LogP contribution in [-0.4, -0.2) is 13.1 Å². The van der Waals surface area contributed by atoms with Crippen LogP contribution in [0.5, 0.6) is 0 Å². The van der Waals surface area contributed by atoms with Gasteiger partial charge in [0.25, 0.3) is 0 Å². The van der Waals surface area contributed by atoms with Crippen molar-refractivity contribution in [1.29, 1.82) is 0 Å². The molecule has 0 amide bonds. The maximum atomic E-state index is 5.35. The predicted octanol–water partition coefficient (Wildman–Crippen LogP) is 1.83. The van der Waals surface area contributed by atoms with Crippen LogP contribution in [0.3, 0.4) is 0 Å². The number of furan rings is 1. The number of fused-ring (bicyclic) bond motifs is 1. The van der Waals surface area contributed by atoms with E-state index in [-0.39, 0.29) is 0 Å². The minimum absolute atomic E-state index is 0.493. The molecule has 1 aliphatic carbocycles. The van der Waals surface area contributed by atoms with Crippen molar-refractivity contribution >= 4 is 6.08 Å². The zero-order valence-electron chi connectivity index (χ0n) is 7.21. The van der Waals surface area contributed by atoms with E-state index in [0.717, 1.165) is 18.6 Å². The Labute approximate surface area is 72.3 Å². The van der Waals surface area contributed by atoms with Crippen molar-refractivity contribution in [2.45, 2.75) is 18.9 Å². The molecule has 0 aromatic carbocycles. The van der Waals surface area contributed by atoms with Crippen LogP contribution < -0.4 is 5.32 Å². The van der Waals surface area contributed by atoms with Crippen LogP contribution in [0, 0.1) is 0 Å². The summed E-state index contributed by atoms with van der Waals surface area (Å²) in [6, 6.07) is 2.51. The predicted molar refractivity (Wildman–Crippen MR) is 48.9 cm³/mol. The van der Waals surface area contributed by atoms with Crippen molar-refractivity contribution in [3.05, 3.63) is 29.7 Å². The molecule has 0 saturated heterocycles. The summed E-state index contributed by atoms with van der Waals surface area (Å²) in [5.74, 6) is 1.11. The molecule has 64 valence electrons. The molecule has 0 bridgehead atoms. The number of aryl methyl sites for hydroxylation is 1. The topological polar surface area (TPSA) is 25.2 Å².